The molecular formula is C24H31N3O3. The number of H-pyrrole nitrogens is 1. The Labute approximate surface area is 177 Å². The number of carbonyl (C=O) groups is 3. The molecule has 0 aliphatic heterocycles. The van der Waals surface area contributed by atoms with Gasteiger partial charge in [0.1, 0.15) is 6.04 Å². The fourth-order valence-electron chi connectivity index (χ4n) is 4.99. The summed E-state index contributed by atoms with van der Waals surface area (Å²) < 4.78 is 0. The highest BCUT2D eigenvalue weighted by Crippen LogP contribution is 2.27. The molecule has 160 valence electrons. The molecule has 4 rings (SSSR count). The molecule has 0 radical (unpaired) electrons. The van der Waals surface area contributed by atoms with Crippen molar-refractivity contribution in [2.45, 2.75) is 76.3 Å². The molecule has 0 saturated heterocycles. The second-order valence-electron chi connectivity index (χ2n) is 8.77. The summed E-state index contributed by atoms with van der Waals surface area (Å²) in [5.74, 6) is -1.34. The molecule has 0 bridgehead atoms. The largest absolute Gasteiger partial charge is 0.360 e. The second-order valence-corrected chi connectivity index (χ2v) is 8.77. The van der Waals surface area contributed by atoms with Crippen LogP contribution in [-0.4, -0.2) is 34.7 Å². The van der Waals surface area contributed by atoms with Crippen molar-refractivity contribution in [3.8, 4) is 0 Å². The number of aromatic nitrogens is 1. The van der Waals surface area contributed by atoms with Crippen molar-refractivity contribution in [1.82, 2.24) is 15.6 Å². The molecule has 6 heteroatoms. The molecule has 2 aliphatic carbocycles. The van der Waals surface area contributed by atoms with E-state index in [2.05, 4.69) is 15.6 Å². The van der Waals surface area contributed by atoms with Crippen molar-refractivity contribution < 1.29 is 14.4 Å². The molecule has 2 aliphatic rings. The maximum atomic E-state index is 13.1. The predicted octanol–water partition coefficient (Wildman–Crippen LogP) is 3.86. The van der Waals surface area contributed by atoms with Crippen LogP contribution in [0, 0.1) is 5.92 Å². The number of fused-ring (bicyclic) bond motifs is 1. The first-order chi connectivity index (χ1) is 14.6. The van der Waals surface area contributed by atoms with Crippen LogP contribution in [0.25, 0.3) is 10.9 Å². The number of para-hydroxylation sites is 1. The van der Waals surface area contributed by atoms with Crippen LogP contribution in [0.4, 0.5) is 0 Å². The molecule has 2 aromatic rings. The summed E-state index contributed by atoms with van der Waals surface area (Å²) >= 11 is 0. The zero-order valence-electron chi connectivity index (χ0n) is 17.4. The van der Waals surface area contributed by atoms with Gasteiger partial charge in [0.25, 0.3) is 11.7 Å². The highest BCUT2D eigenvalue weighted by atomic mass is 16.2. The Kier molecular flexibility index (Phi) is 6.50. The van der Waals surface area contributed by atoms with Crippen molar-refractivity contribution in [1.29, 1.82) is 0 Å². The number of nitrogens with one attached hydrogen (secondary N) is 3. The molecule has 2 saturated carbocycles. The molecule has 30 heavy (non-hydrogen) atoms. The minimum Gasteiger partial charge on any atom is -0.360 e. The van der Waals surface area contributed by atoms with Gasteiger partial charge in [0.2, 0.25) is 5.91 Å². The lowest BCUT2D eigenvalue weighted by Crippen LogP contribution is -2.54. The van der Waals surface area contributed by atoms with Crippen LogP contribution in [0.15, 0.2) is 30.5 Å². The molecule has 1 atom stereocenters. The van der Waals surface area contributed by atoms with E-state index in [1.165, 1.54) is 6.42 Å². The van der Waals surface area contributed by atoms with Gasteiger partial charge in [-0.25, -0.2) is 0 Å². The quantitative estimate of drug-likeness (QED) is 0.500. The van der Waals surface area contributed by atoms with Gasteiger partial charge < -0.3 is 15.6 Å². The summed E-state index contributed by atoms with van der Waals surface area (Å²) in [5, 5.41) is 6.69. The number of hydrogen-bond donors (Lipinski definition) is 3. The van der Waals surface area contributed by atoms with Crippen LogP contribution in [0.1, 0.15) is 74.6 Å². The van der Waals surface area contributed by atoms with Crippen molar-refractivity contribution in [2.75, 3.05) is 0 Å². The number of amides is 2. The van der Waals surface area contributed by atoms with E-state index in [-0.39, 0.29) is 17.9 Å². The zero-order valence-corrected chi connectivity index (χ0v) is 17.4. The molecule has 2 fully saturated rings. The first-order valence-electron chi connectivity index (χ1n) is 11.3. The van der Waals surface area contributed by atoms with Gasteiger partial charge in [-0.15, -0.1) is 0 Å². The lowest BCUT2D eigenvalue weighted by Gasteiger charge is -2.32. The molecule has 2 amide bonds. The molecular weight excluding hydrogens is 378 g/mol. The molecule has 1 aromatic heterocycles. The van der Waals surface area contributed by atoms with Crippen LogP contribution >= 0.6 is 0 Å². The Balaban J connectivity index is 1.49. The van der Waals surface area contributed by atoms with Crippen molar-refractivity contribution in [2.24, 2.45) is 5.92 Å². The molecule has 3 N–H and O–H groups in total. The lowest BCUT2D eigenvalue weighted by atomic mass is 9.83. The molecule has 0 spiro atoms. The average molecular weight is 410 g/mol. The van der Waals surface area contributed by atoms with Crippen LogP contribution in [0.2, 0.25) is 0 Å². The van der Waals surface area contributed by atoms with Gasteiger partial charge in [-0.05, 0) is 37.7 Å². The minimum absolute atomic E-state index is 0.0852. The molecule has 1 unspecified atom stereocenters. The lowest BCUT2D eigenvalue weighted by molar-refractivity contribution is -0.129. The standard InChI is InChI=1S/C24H31N3O3/c28-22(19-15-25-20-14-8-7-13-18(19)20)24(30)27-21(16-9-3-1-4-10-16)23(29)26-17-11-5-2-6-12-17/h7-8,13-17,21,25H,1-6,9-12H2,(H,26,29)(H,27,30). The van der Waals surface area contributed by atoms with Gasteiger partial charge >= 0.3 is 0 Å². The van der Waals surface area contributed by atoms with Crippen LogP contribution in [0.3, 0.4) is 0 Å². The molecule has 1 aromatic carbocycles. The number of ketones is 1. The topological polar surface area (TPSA) is 91.1 Å². The summed E-state index contributed by atoms with van der Waals surface area (Å²) in [7, 11) is 0. The third-order valence-electron chi connectivity index (χ3n) is 6.68. The predicted molar refractivity (Wildman–Crippen MR) is 116 cm³/mol. The number of carbonyl (C=O) groups excluding carboxylic acids is 3. The Morgan fingerprint density at radius 1 is 0.900 bits per heavy atom. The van der Waals surface area contributed by atoms with E-state index in [1.54, 1.807) is 6.20 Å². The Bertz CT molecular complexity index is 907. The number of rotatable bonds is 6. The monoisotopic (exact) mass is 409 g/mol. The SMILES string of the molecule is O=C(NC(C(=O)NC1CCCCC1)C1CCCCC1)C(=O)c1c[nH]c2ccccc12. The average Bonchev–Trinajstić information content (AvgIpc) is 3.22. The molecule has 1 heterocycles. The minimum atomic E-state index is -0.700. The van der Waals surface area contributed by atoms with Crippen molar-refractivity contribution >= 4 is 28.5 Å². The van der Waals surface area contributed by atoms with Crippen LogP contribution in [-0.2, 0) is 9.59 Å². The summed E-state index contributed by atoms with van der Waals surface area (Å²) in [6.45, 7) is 0. The summed E-state index contributed by atoms with van der Waals surface area (Å²) in [4.78, 5) is 41.9. The summed E-state index contributed by atoms with van der Waals surface area (Å²) in [6.07, 6.45) is 12.1. The fraction of sp³-hybridized carbons (Fsp3) is 0.542. The van der Waals surface area contributed by atoms with E-state index in [9.17, 15) is 14.4 Å². The van der Waals surface area contributed by atoms with Gasteiger partial charge in [0, 0.05) is 23.1 Å². The second kappa shape index (κ2) is 9.45. The van der Waals surface area contributed by atoms with E-state index in [0.29, 0.717) is 5.56 Å². The summed E-state index contributed by atoms with van der Waals surface area (Å²) in [6, 6.07) is 6.94. The van der Waals surface area contributed by atoms with Crippen LogP contribution < -0.4 is 10.6 Å². The smallest absolute Gasteiger partial charge is 0.293 e. The van der Waals surface area contributed by atoms with Crippen molar-refractivity contribution in [3.63, 3.8) is 0 Å². The van der Waals surface area contributed by atoms with E-state index in [0.717, 1.165) is 68.7 Å². The first-order valence-corrected chi connectivity index (χ1v) is 11.3. The van der Waals surface area contributed by atoms with Gasteiger partial charge in [-0.2, -0.15) is 0 Å². The van der Waals surface area contributed by atoms with Gasteiger partial charge in [0.05, 0.1) is 5.56 Å². The Morgan fingerprint density at radius 3 is 2.30 bits per heavy atom. The molecule has 6 nitrogen and oxygen atoms in total. The van der Waals surface area contributed by atoms with Crippen LogP contribution in [0.5, 0.6) is 0 Å². The maximum absolute atomic E-state index is 13.1. The van der Waals surface area contributed by atoms with E-state index < -0.39 is 17.7 Å². The third-order valence-corrected chi connectivity index (χ3v) is 6.68. The van der Waals surface area contributed by atoms with Gasteiger partial charge in [-0.1, -0.05) is 56.7 Å². The Hall–Kier alpha value is -2.63. The van der Waals surface area contributed by atoms with Gasteiger partial charge in [-0.3, -0.25) is 14.4 Å². The number of benzene rings is 1. The number of aromatic amines is 1. The highest BCUT2D eigenvalue weighted by Gasteiger charge is 2.34. The number of hydrogen-bond acceptors (Lipinski definition) is 3. The summed E-state index contributed by atoms with van der Waals surface area (Å²) in [5.41, 5.74) is 1.16. The third kappa shape index (κ3) is 4.58. The first kappa shape index (κ1) is 20.6. The van der Waals surface area contributed by atoms with E-state index in [1.807, 2.05) is 24.3 Å². The maximum Gasteiger partial charge on any atom is 0.293 e. The van der Waals surface area contributed by atoms with Crippen molar-refractivity contribution in [3.05, 3.63) is 36.0 Å². The zero-order chi connectivity index (χ0) is 20.9. The Morgan fingerprint density at radius 2 is 1.57 bits per heavy atom. The van der Waals surface area contributed by atoms with Gasteiger partial charge in [0.15, 0.2) is 0 Å². The number of Topliss-reactive ketones (excluding diaryl/α,β-unsaturated/α-hetero) is 1. The fourth-order valence-corrected chi connectivity index (χ4v) is 4.99. The normalized spacial score (nSPS) is 19.3. The van der Waals surface area contributed by atoms with E-state index in [4.69, 9.17) is 0 Å². The highest BCUT2D eigenvalue weighted by molar-refractivity contribution is 6.45. The van der Waals surface area contributed by atoms with E-state index >= 15 is 0 Å².